The van der Waals surface area contributed by atoms with E-state index >= 15 is 0 Å². The normalized spacial score (nSPS) is 16.3. The van der Waals surface area contributed by atoms with Gasteiger partial charge in [0.05, 0.1) is 6.20 Å². The maximum absolute atomic E-state index is 12.0. The summed E-state index contributed by atoms with van der Waals surface area (Å²) in [5, 5.41) is 0. The van der Waals surface area contributed by atoms with E-state index in [4.69, 9.17) is 4.74 Å². The molecule has 0 saturated heterocycles. The van der Waals surface area contributed by atoms with Crippen molar-refractivity contribution in [3.63, 3.8) is 0 Å². The number of pyridine rings is 1. The third-order valence-corrected chi connectivity index (χ3v) is 3.51. The second kappa shape index (κ2) is 6.38. The average Bonchev–Trinajstić information content (AvgIpc) is 2.46. The van der Waals surface area contributed by atoms with Gasteiger partial charge in [-0.25, -0.2) is 0 Å². The molecule has 0 atom stereocenters. The highest BCUT2D eigenvalue weighted by atomic mass is 16.5. The van der Waals surface area contributed by atoms with Crippen LogP contribution in [0.5, 0.6) is 5.75 Å². The van der Waals surface area contributed by atoms with Crippen molar-refractivity contribution in [1.29, 1.82) is 0 Å². The van der Waals surface area contributed by atoms with Crippen molar-refractivity contribution in [2.24, 2.45) is 0 Å². The first-order valence-electron chi connectivity index (χ1n) is 6.56. The quantitative estimate of drug-likeness (QED) is 0.820. The largest absolute Gasteiger partial charge is 0.482 e. The summed E-state index contributed by atoms with van der Waals surface area (Å²) in [6.07, 6.45) is 9.29. The zero-order valence-electron chi connectivity index (χ0n) is 10.8. The average molecular weight is 248 g/mol. The topological polar surface area (TPSA) is 42.4 Å². The highest BCUT2D eigenvalue weighted by Gasteiger charge is 2.22. The van der Waals surface area contributed by atoms with E-state index in [2.05, 4.69) is 4.98 Å². The predicted octanol–water partition coefficient (Wildman–Crippen LogP) is 2.25. The van der Waals surface area contributed by atoms with E-state index in [1.54, 1.807) is 24.5 Å². The lowest BCUT2D eigenvalue weighted by Crippen LogP contribution is -2.40. The summed E-state index contributed by atoms with van der Waals surface area (Å²) in [6.45, 7) is 0.0959. The fourth-order valence-corrected chi connectivity index (χ4v) is 2.35. The Kier molecular flexibility index (Phi) is 4.56. The number of hydrogen-bond acceptors (Lipinski definition) is 3. The maximum Gasteiger partial charge on any atom is 0.260 e. The Morgan fingerprint density at radius 3 is 2.89 bits per heavy atom. The van der Waals surface area contributed by atoms with Gasteiger partial charge in [-0.2, -0.15) is 0 Å². The van der Waals surface area contributed by atoms with E-state index < -0.39 is 0 Å². The van der Waals surface area contributed by atoms with E-state index in [0.29, 0.717) is 11.8 Å². The molecule has 1 aromatic rings. The van der Waals surface area contributed by atoms with Crippen LogP contribution in [0.4, 0.5) is 0 Å². The number of carbonyl (C=O) groups excluding carboxylic acids is 1. The van der Waals surface area contributed by atoms with Gasteiger partial charge in [0.25, 0.3) is 5.91 Å². The molecule has 0 radical (unpaired) electrons. The molecule has 0 aromatic carbocycles. The van der Waals surface area contributed by atoms with Crippen molar-refractivity contribution >= 4 is 5.91 Å². The molecule has 0 bridgehead atoms. The molecule has 2 rings (SSSR count). The summed E-state index contributed by atoms with van der Waals surface area (Å²) in [5.74, 6) is 0.689. The number of likely N-dealkylation sites (N-methyl/N-ethyl adjacent to an activating group) is 1. The van der Waals surface area contributed by atoms with Crippen molar-refractivity contribution in [1.82, 2.24) is 9.88 Å². The standard InChI is InChI=1S/C14H20N2O2/c1-16(12-6-3-2-4-7-12)14(17)11-18-13-8-5-9-15-10-13/h5,8-10,12H,2-4,6-7,11H2,1H3. The first kappa shape index (κ1) is 12.9. The Morgan fingerprint density at radius 1 is 1.44 bits per heavy atom. The Labute approximate surface area is 108 Å². The lowest BCUT2D eigenvalue weighted by Gasteiger charge is -2.31. The molecule has 1 amide bonds. The highest BCUT2D eigenvalue weighted by Crippen LogP contribution is 2.21. The highest BCUT2D eigenvalue weighted by molar-refractivity contribution is 5.77. The minimum absolute atomic E-state index is 0.0470. The van der Waals surface area contributed by atoms with E-state index in [-0.39, 0.29) is 12.5 Å². The van der Waals surface area contributed by atoms with E-state index in [9.17, 15) is 4.79 Å². The van der Waals surface area contributed by atoms with E-state index in [1.807, 2.05) is 11.9 Å². The van der Waals surface area contributed by atoms with Crippen molar-refractivity contribution in [2.75, 3.05) is 13.7 Å². The monoisotopic (exact) mass is 248 g/mol. The summed E-state index contributed by atoms with van der Waals surface area (Å²) < 4.78 is 5.43. The molecule has 0 spiro atoms. The molecule has 18 heavy (non-hydrogen) atoms. The smallest absolute Gasteiger partial charge is 0.260 e. The number of nitrogens with zero attached hydrogens (tertiary/aromatic N) is 2. The van der Waals surface area contributed by atoms with Crippen LogP contribution in [0.3, 0.4) is 0 Å². The Hall–Kier alpha value is -1.58. The zero-order valence-corrected chi connectivity index (χ0v) is 10.8. The molecule has 1 aliphatic rings. The fourth-order valence-electron chi connectivity index (χ4n) is 2.35. The van der Waals surface area contributed by atoms with E-state index in [1.165, 1.54) is 19.3 Å². The molecular weight excluding hydrogens is 228 g/mol. The third kappa shape index (κ3) is 3.45. The number of ether oxygens (including phenoxy) is 1. The number of carbonyl (C=O) groups is 1. The van der Waals surface area contributed by atoms with Crippen LogP contribution in [-0.4, -0.2) is 35.5 Å². The van der Waals surface area contributed by atoms with Gasteiger partial charge in [-0.05, 0) is 25.0 Å². The first-order valence-corrected chi connectivity index (χ1v) is 6.56. The molecule has 4 heteroatoms. The predicted molar refractivity (Wildman–Crippen MR) is 69.4 cm³/mol. The molecular formula is C14H20N2O2. The second-order valence-electron chi connectivity index (χ2n) is 4.77. The van der Waals surface area contributed by atoms with Crippen LogP contribution in [0, 0.1) is 0 Å². The number of rotatable bonds is 4. The molecule has 0 aliphatic heterocycles. The van der Waals surface area contributed by atoms with Crippen LogP contribution in [0.2, 0.25) is 0 Å². The van der Waals surface area contributed by atoms with Crippen molar-refractivity contribution in [3.05, 3.63) is 24.5 Å². The van der Waals surface area contributed by atoms with Gasteiger partial charge in [0.2, 0.25) is 0 Å². The van der Waals surface area contributed by atoms with Gasteiger partial charge in [-0.3, -0.25) is 9.78 Å². The maximum atomic E-state index is 12.0. The van der Waals surface area contributed by atoms with Crippen LogP contribution < -0.4 is 4.74 Å². The summed E-state index contributed by atoms with van der Waals surface area (Å²) in [6, 6.07) is 4.00. The summed E-state index contributed by atoms with van der Waals surface area (Å²) in [5.41, 5.74) is 0. The molecule has 0 N–H and O–H groups in total. The summed E-state index contributed by atoms with van der Waals surface area (Å²) in [4.78, 5) is 17.8. The summed E-state index contributed by atoms with van der Waals surface area (Å²) >= 11 is 0. The molecule has 1 heterocycles. The lowest BCUT2D eigenvalue weighted by atomic mass is 9.94. The molecule has 1 fully saturated rings. The van der Waals surface area contributed by atoms with Crippen LogP contribution in [0.15, 0.2) is 24.5 Å². The first-order chi connectivity index (χ1) is 8.77. The minimum Gasteiger partial charge on any atom is -0.482 e. The second-order valence-corrected chi connectivity index (χ2v) is 4.77. The van der Waals surface area contributed by atoms with Gasteiger partial charge in [0.15, 0.2) is 6.61 Å². The van der Waals surface area contributed by atoms with Crippen LogP contribution >= 0.6 is 0 Å². The van der Waals surface area contributed by atoms with Gasteiger partial charge in [-0.15, -0.1) is 0 Å². The van der Waals surface area contributed by atoms with Crippen LogP contribution in [0.1, 0.15) is 32.1 Å². The third-order valence-electron chi connectivity index (χ3n) is 3.51. The van der Waals surface area contributed by atoms with Gasteiger partial charge >= 0.3 is 0 Å². The minimum atomic E-state index is 0.0470. The fraction of sp³-hybridized carbons (Fsp3) is 0.571. The molecule has 1 aliphatic carbocycles. The molecule has 98 valence electrons. The molecule has 4 nitrogen and oxygen atoms in total. The Balaban J connectivity index is 1.80. The number of aromatic nitrogens is 1. The van der Waals surface area contributed by atoms with Gasteiger partial charge in [0.1, 0.15) is 5.75 Å². The summed E-state index contributed by atoms with van der Waals surface area (Å²) in [7, 11) is 1.88. The van der Waals surface area contributed by atoms with Gasteiger partial charge < -0.3 is 9.64 Å². The number of hydrogen-bond donors (Lipinski definition) is 0. The van der Waals surface area contributed by atoms with Gasteiger partial charge in [-0.1, -0.05) is 19.3 Å². The Bertz CT molecular complexity index is 375. The molecule has 1 aromatic heterocycles. The van der Waals surface area contributed by atoms with Crippen molar-refractivity contribution in [2.45, 2.75) is 38.1 Å². The zero-order chi connectivity index (χ0) is 12.8. The molecule has 0 unspecified atom stereocenters. The van der Waals surface area contributed by atoms with Crippen molar-refractivity contribution in [3.8, 4) is 5.75 Å². The Morgan fingerprint density at radius 2 is 2.22 bits per heavy atom. The number of amides is 1. The van der Waals surface area contributed by atoms with E-state index in [0.717, 1.165) is 12.8 Å². The SMILES string of the molecule is CN(C(=O)COc1cccnc1)C1CCCCC1. The van der Waals surface area contributed by atoms with Crippen molar-refractivity contribution < 1.29 is 9.53 Å². The van der Waals surface area contributed by atoms with Crippen LogP contribution in [0.25, 0.3) is 0 Å². The van der Waals surface area contributed by atoms with Crippen LogP contribution in [-0.2, 0) is 4.79 Å². The van der Waals surface area contributed by atoms with Gasteiger partial charge in [0, 0.05) is 19.3 Å². The molecule has 1 saturated carbocycles. The lowest BCUT2D eigenvalue weighted by molar-refractivity contribution is -0.134.